The van der Waals surface area contributed by atoms with Crippen molar-refractivity contribution in [3.05, 3.63) is 52.9 Å². The molecule has 1 heterocycles. The van der Waals surface area contributed by atoms with Gasteiger partial charge in [-0.3, -0.25) is 4.79 Å². The van der Waals surface area contributed by atoms with E-state index in [1.807, 2.05) is 31.2 Å². The molecule has 1 N–H and O–H groups in total. The summed E-state index contributed by atoms with van der Waals surface area (Å²) in [5.41, 5.74) is 2.79. The summed E-state index contributed by atoms with van der Waals surface area (Å²) >= 11 is 0. The van der Waals surface area contributed by atoms with Gasteiger partial charge in [0.25, 0.3) is 5.91 Å². The number of nitrogens with zero attached hydrogens (tertiary/aromatic N) is 1. The van der Waals surface area contributed by atoms with Gasteiger partial charge < -0.3 is 14.6 Å². The SMILES string of the molecule is CCOCc1ccccc1CNC(=O)c1cc(C)no1. The highest BCUT2D eigenvalue weighted by Gasteiger charge is 2.11. The molecule has 2 rings (SSSR count). The van der Waals surface area contributed by atoms with Crippen LogP contribution < -0.4 is 5.32 Å². The van der Waals surface area contributed by atoms with Gasteiger partial charge >= 0.3 is 0 Å². The zero-order valence-electron chi connectivity index (χ0n) is 11.7. The van der Waals surface area contributed by atoms with Crippen molar-refractivity contribution in [1.82, 2.24) is 10.5 Å². The molecule has 106 valence electrons. The van der Waals surface area contributed by atoms with Crippen molar-refractivity contribution in [3.8, 4) is 0 Å². The molecule has 0 aliphatic rings. The molecular formula is C15H18N2O3. The van der Waals surface area contributed by atoms with Crippen molar-refractivity contribution in [3.63, 3.8) is 0 Å². The van der Waals surface area contributed by atoms with Gasteiger partial charge in [-0.2, -0.15) is 0 Å². The second-order valence-electron chi connectivity index (χ2n) is 4.42. The number of hydrogen-bond acceptors (Lipinski definition) is 4. The average Bonchev–Trinajstić information content (AvgIpc) is 2.90. The number of aromatic nitrogens is 1. The first-order valence-corrected chi connectivity index (χ1v) is 6.56. The van der Waals surface area contributed by atoms with Crippen LogP contribution in [0.25, 0.3) is 0 Å². The summed E-state index contributed by atoms with van der Waals surface area (Å²) in [5, 5.41) is 6.51. The second-order valence-corrected chi connectivity index (χ2v) is 4.42. The monoisotopic (exact) mass is 274 g/mol. The Hall–Kier alpha value is -2.14. The number of benzene rings is 1. The van der Waals surface area contributed by atoms with Crippen LogP contribution >= 0.6 is 0 Å². The van der Waals surface area contributed by atoms with Gasteiger partial charge in [-0.1, -0.05) is 29.4 Å². The number of aryl methyl sites for hydroxylation is 1. The smallest absolute Gasteiger partial charge is 0.290 e. The minimum absolute atomic E-state index is 0.227. The Morgan fingerprint density at radius 3 is 2.75 bits per heavy atom. The van der Waals surface area contributed by atoms with Gasteiger partial charge in [0.1, 0.15) is 0 Å². The molecule has 5 nitrogen and oxygen atoms in total. The summed E-state index contributed by atoms with van der Waals surface area (Å²) in [6.07, 6.45) is 0. The predicted octanol–water partition coefficient (Wildman–Crippen LogP) is 2.45. The highest BCUT2D eigenvalue weighted by atomic mass is 16.5. The number of amides is 1. The Morgan fingerprint density at radius 1 is 1.35 bits per heavy atom. The Balaban J connectivity index is 1.98. The van der Waals surface area contributed by atoms with Crippen LogP contribution in [0.1, 0.15) is 34.3 Å². The van der Waals surface area contributed by atoms with Crippen LogP contribution in [0.4, 0.5) is 0 Å². The van der Waals surface area contributed by atoms with Crippen LogP contribution in [-0.4, -0.2) is 17.7 Å². The molecule has 0 atom stereocenters. The van der Waals surface area contributed by atoms with Crippen molar-refractivity contribution < 1.29 is 14.1 Å². The second kappa shape index (κ2) is 6.86. The van der Waals surface area contributed by atoms with E-state index in [4.69, 9.17) is 9.26 Å². The molecule has 0 bridgehead atoms. The maximum Gasteiger partial charge on any atom is 0.290 e. The number of ether oxygens (including phenoxy) is 1. The summed E-state index contributed by atoms with van der Waals surface area (Å²) in [6, 6.07) is 9.48. The molecule has 1 amide bonds. The Kier molecular flexibility index (Phi) is 4.90. The van der Waals surface area contributed by atoms with E-state index in [9.17, 15) is 4.79 Å². The van der Waals surface area contributed by atoms with Crippen molar-refractivity contribution >= 4 is 5.91 Å². The molecule has 5 heteroatoms. The molecule has 0 aliphatic heterocycles. The van der Waals surface area contributed by atoms with E-state index < -0.39 is 0 Å². The summed E-state index contributed by atoms with van der Waals surface area (Å²) < 4.78 is 10.3. The molecule has 0 saturated heterocycles. The number of carbonyl (C=O) groups is 1. The van der Waals surface area contributed by atoms with Crippen molar-refractivity contribution in [2.24, 2.45) is 0 Å². The summed E-state index contributed by atoms with van der Waals surface area (Å²) in [5.74, 6) is -0.0402. The number of nitrogens with one attached hydrogen (secondary N) is 1. The third-order valence-corrected chi connectivity index (χ3v) is 2.87. The van der Waals surface area contributed by atoms with Crippen LogP contribution in [0, 0.1) is 6.92 Å². The maximum absolute atomic E-state index is 11.9. The van der Waals surface area contributed by atoms with Gasteiger partial charge in [0.05, 0.1) is 12.3 Å². The first-order valence-electron chi connectivity index (χ1n) is 6.56. The minimum Gasteiger partial charge on any atom is -0.377 e. The molecule has 2 aromatic rings. The maximum atomic E-state index is 11.9. The zero-order chi connectivity index (χ0) is 14.4. The fourth-order valence-electron chi connectivity index (χ4n) is 1.82. The standard InChI is InChI=1S/C15H18N2O3/c1-3-19-10-13-7-5-4-6-12(13)9-16-15(18)14-8-11(2)17-20-14/h4-8H,3,9-10H2,1-2H3,(H,16,18). The minimum atomic E-state index is -0.267. The molecule has 0 fully saturated rings. The van der Waals surface area contributed by atoms with E-state index >= 15 is 0 Å². The van der Waals surface area contributed by atoms with Crippen molar-refractivity contribution in [1.29, 1.82) is 0 Å². The van der Waals surface area contributed by atoms with Gasteiger partial charge in [0.2, 0.25) is 5.76 Å². The van der Waals surface area contributed by atoms with Crippen molar-refractivity contribution in [2.45, 2.75) is 27.0 Å². The lowest BCUT2D eigenvalue weighted by Crippen LogP contribution is -2.23. The largest absolute Gasteiger partial charge is 0.377 e. The number of rotatable bonds is 6. The van der Waals surface area contributed by atoms with E-state index in [0.29, 0.717) is 25.5 Å². The molecule has 1 aromatic heterocycles. The van der Waals surface area contributed by atoms with Gasteiger partial charge in [0, 0.05) is 19.2 Å². The Bertz CT molecular complexity index is 578. The average molecular weight is 274 g/mol. The lowest BCUT2D eigenvalue weighted by atomic mass is 10.1. The highest BCUT2D eigenvalue weighted by molar-refractivity contribution is 5.91. The predicted molar refractivity (Wildman–Crippen MR) is 74.2 cm³/mol. The number of hydrogen-bond donors (Lipinski definition) is 1. The number of carbonyl (C=O) groups excluding carboxylic acids is 1. The topological polar surface area (TPSA) is 64.4 Å². The summed E-state index contributed by atoms with van der Waals surface area (Å²) in [4.78, 5) is 11.9. The van der Waals surface area contributed by atoms with E-state index in [1.54, 1.807) is 13.0 Å². The fraction of sp³-hybridized carbons (Fsp3) is 0.333. The normalized spacial score (nSPS) is 10.5. The quantitative estimate of drug-likeness (QED) is 0.878. The van der Waals surface area contributed by atoms with E-state index in [2.05, 4.69) is 10.5 Å². The molecule has 0 saturated carbocycles. The zero-order valence-corrected chi connectivity index (χ0v) is 11.7. The first-order chi connectivity index (χ1) is 9.70. The third kappa shape index (κ3) is 3.68. The lowest BCUT2D eigenvalue weighted by Gasteiger charge is -2.09. The summed E-state index contributed by atoms with van der Waals surface area (Å²) in [7, 11) is 0. The van der Waals surface area contributed by atoms with Gasteiger partial charge in [0.15, 0.2) is 0 Å². The molecule has 20 heavy (non-hydrogen) atoms. The van der Waals surface area contributed by atoms with Crippen LogP contribution in [-0.2, 0) is 17.9 Å². The van der Waals surface area contributed by atoms with E-state index in [-0.39, 0.29) is 11.7 Å². The highest BCUT2D eigenvalue weighted by Crippen LogP contribution is 2.10. The molecule has 0 radical (unpaired) electrons. The third-order valence-electron chi connectivity index (χ3n) is 2.87. The van der Waals surface area contributed by atoms with Crippen LogP contribution in [0.3, 0.4) is 0 Å². The van der Waals surface area contributed by atoms with E-state index in [1.165, 1.54) is 0 Å². The van der Waals surface area contributed by atoms with Crippen LogP contribution in [0.15, 0.2) is 34.9 Å². The molecule has 0 aliphatic carbocycles. The van der Waals surface area contributed by atoms with Crippen LogP contribution in [0.2, 0.25) is 0 Å². The van der Waals surface area contributed by atoms with Gasteiger partial charge in [-0.15, -0.1) is 0 Å². The molecular weight excluding hydrogens is 256 g/mol. The summed E-state index contributed by atoms with van der Waals surface area (Å²) in [6.45, 7) is 5.37. The molecule has 0 unspecified atom stereocenters. The first kappa shape index (κ1) is 14.3. The molecule has 1 aromatic carbocycles. The fourth-order valence-corrected chi connectivity index (χ4v) is 1.82. The van der Waals surface area contributed by atoms with Crippen molar-refractivity contribution in [2.75, 3.05) is 6.61 Å². The lowest BCUT2D eigenvalue weighted by molar-refractivity contribution is 0.0913. The van der Waals surface area contributed by atoms with E-state index in [0.717, 1.165) is 11.1 Å². The Morgan fingerprint density at radius 2 is 2.10 bits per heavy atom. The Labute approximate surface area is 117 Å². The van der Waals surface area contributed by atoms with Gasteiger partial charge in [-0.25, -0.2) is 0 Å². The van der Waals surface area contributed by atoms with Gasteiger partial charge in [-0.05, 0) is 25.0 Å². The molecule has 0 spiro atoms. The van der Waals surface area contributed by atoms with Crippen LogP contribution in [0.5, 0.6) is 0 Å².